The molecule has 1 amide bonds. The lowest BCUT2D eigenvalue weighted by atomic mass is 10.1. The highest BCUT2D eigenvalue weighted by atomic mass is 16.5. The van der Waals surface area contributed by atoms with Crippen LogP contribution in [0.3, 0.4) is 0 Å². The van der Waals surface area contributed by atoms with Gasteiger partial charge in [-0.25, -0.2) is 5.84 Å². The molecule has 26 heavy (non-hydrogen) atoms. The van der Waals surface area contributed by atoms with E-state index < -0.39 is 0 Å². The summed E-state index contributed by atoms with van der Waals surface area (Å²) in [5, 5.41) is 2.35. The Morgan fingerprint density at radius 2 is 1.88 bits per heavy atom. The molecule has 0 spiro atoms. The van der Waals surface area contributed by atoms with Crippen molar-refractivity contribution >= 4 is 22.8 Å². The molecule has 0 fully saturated rings. The van der Waals surface area contributed by atoms with Gasteiger partial charge in [-0.05, 0) is 40.1 Å². The Morgan fingerprint density at radius 3 is 2.69 bits per heavy atom. The van der Waals surface area contributed by atoms with Gasteiger partial charge in [-0.15, -0.1) is 0 Å². The summed E-state index contributed by atoms with van der Waals surface area (Å²) in [6.07, 6.45) is 3.00. The topological polar surface area (TPSA) is 73.6 Å². The van der Waals surface area contributed by atoms with Crippen molar-refractivity contribution in [2.45, 2.75) is 6.61 Å². The van der Waals surface area contributed by atoms with Gasteiger partial charge in [0.2, 0.25) is 0 Å². The Balaban J connectivity index is 1.79. The summed E-state index contributed by atoms with van der Waals surface area (Å²) in [6, 6.07) is 19.8. The number of rotatable bonds is 6. The third-order valence-electron chi connectivity index (χ3n) is 4.02. The van der Waals surface area contributed by atoms with Crippen molar-refractivity contribution in [2.75, 3.05) is 7.11 Å². The quantitative estimate of drug-likeness (QED) is 0.310. The Labute approximate surface area is 152 Å². The zero-order valence-electron chi connectivity index (χ0n) is 14.4. The third-order valence-corrected chi connectivity index (χ3v) is 4.02. The summed E-state index contributed by atoms with van der Waals surface area (Å²) in [5.41, 5.74) is 3.96. The number of amides is 1. The van der Waals surface area contributed by atoms with Gasteiger partial charge in [0.15, 0.2) is 11.5 Å². The molecule has 0 atom stereocenters. The number of benzene rings is 3. The number of carbonyl (C=O) groups is 1. The maximum absolute atomic E-state index is 11.2. The van der Waals surface area contributed by atoms with E-state index >= 15 is 0 Å². The lowest BCUT2D eigenvalue weighted by Gasteiger charge is -2.13. The third kappa shape index (κ3) is 4.02. The Hall–Kier alpha value is -3.31. The van der Waals surface area contributed by atoms with Crippen LogP contribution in [-0.4, -0.2) is 13.0 Å². The molecule has 0 aromatic heterocycles. The van der Waals surface area contributed by atoms with Crippen LogP contribution in [-0.2, 0) is 11.4 Å². The van der Waals surface area contributed by atoms with Crippen molar-refractivity contribution in [3.63, 3.8) is 0 Å². The van der Waals surface area contributed by atoms with Gasteiger partial charge in [-0.3, -0.25) is 10.2 Å². The predicted molar refractivity (Wildman–Crippen MR) is 103 cm³/mol. The van der Waals surface area contributed by atoms with E-state index in [-0.39, 0.29) is 5.91 Å². The largest absolute Gasteiger partial charge is 0.493 e. The highest BCUT2D eigenvalue weighted by Crippen LogP contribution is 2.30. The first kappa shape index (κ1) is 17.5. The average molecular weight is 348 g/mol. The molecule has 0 aliphatic carbocycles. The van der Waals surface area contributed by atoms with Crippen LogP contribution in [0.2, 0.25) is 0 Å². The molecule has 3 aromatic rings. The Kier molecular flexibility index (Phi) is 5.51. The van der Waals surface area contributed by atoms with Crippen LogP contribution in [0, 0.1) is 0 Å². The molecular formula is C21H20N2O3. The molecule has 0 aliphatic rings. The molecule has 0 unspecified atom stereocenters. The summed E-state index contributed by atoms with van der Waals surface area (Å²) >= 11 is 0. The van der Waals surface area contributed by atoms with Crippen molar-refractivity contribution in [2.24, 2.45) is 5.84 Å². The standard InChI is InChI=1S/C21H20N2O3/c1-25-20-13-15(10-12-21(24)23-22)9-11-19(20)26-14-17-7-4-6-16-5-2-3-8-18(16)17/h2-13H,14,22H2,1H3,(H,23,24)/b12-10+. The SMILES string of the molecule is COc1cc(/C=C/C(=O)NN)ccc1OCc1cccc2ccccc12. The van der Waals surface area contributed by atoms with Gasteiger partial charge < -0.3 is 9.47 Å². The maximum atomic E-state index is 11.2. The zero-order valence-corrected chi connectivity index (χ0v) is 14.4. The van der Waals surface area contributed by atoms with Gasteiger partial charge in [-0.2, -0.15) is 0 Å². The lowest BCUT2D eigenvalue weighted by Crippen LogP contribution is -2.27. The van der Waals surface area contributed by atoms with E-state index in [0.29, 0.717) is 18.1 Å². The summed E-state index contributed by atoms with van der Waals surface area (Å²) in [6.45, 7) is 0.433. The summed E-state index contributed by atoms with van der Waals surface area (Å²) < 4.78 is 11.4. The fourth-order valence-corrected chi connectivity index (χ4v) is 2.70. The van der Waals surface area contributed by atoms with E-state index in [1.54, 1.807) is 19.3 Å². The molecule has 0 heterocycles. The number of methoxy groups -OCH3 is 1. The number of hydrazine groups is 1. The van der Waals surface area contributed by atoms with Gasteiger partial charge in [-0.1, -0.05) is 48.5 Å². The molecule has 5 nitrogen and oxygen atoms in total. The van der Waals surface area contributed by atoms with Crippen LogP contribution < -0.4 is 20.7 Å². The van der Waals surface area contributed by atoms with Crippen LogP contribution in [0.4, 0.5) is 0 Å². The molecule has 3 aromatic carbocycles. The average Bonchev–Trinajstić information content (AvgIpc) is 2.70. The van der Waals surface area contributed by atoms with E-state index in [1.165, 1.54) is 16.8 Å². The maximum Gasteiger partial charge on any atom is 0.257 e. The molecule has 0 radical (unpaired) electrons. The van der Waals surface area contributed by atoms with E-state index in [2.05, 4.69) is 24.3 Å². The van der Waals surface area contributed by atoms with Crippen molar-refractivity contribution in [1.82, 2.24) is 5.43 Å². The smallest absolute Gasteiger partial charge is 0.257 e. The molecule has 0 saturated carbocycles. The highest BCUT2D eigenvalue weighted by molar-refractivity contribution is 5.91. The van der Waals surface area contributed by atoms with Crippen molar-refractivity contribution in [3.8, 4) is 11.5 Å². The summed E-state index contributed by atoms with van der Waals surface area (Å²) in [7, 11) is 1.58. The number of hydrogen-bond acceptors (Lipinski definition) is 4. The minimum Gasteiger partial charge on any atom is -0.493 e. The van der Waals surface area contributed by atoms with Crippen LogP contribution in [0.1, 0.15) is 11.1 Å². The summed E-state index contributed by atoms with van der Waals surface area (Å²) in [4.78, 5) is 11.2. The predicted octanol–water partition coefficient (Wildman–Crippen LogP) is 3.43. The fourth-order valence-electron chi connectivity index (χ4n) is 2.70. The van der Waals surface area contributed by atoms with Gasteiger partial charge in [0, 0.05) is 6.08 Å². The van der Waals surface area contributed by atoms with Crippen molar-refractivity contribution in [1.29, 1.82) is 0 Å². The second kappa shape index (κ2) is 8.18. The fraction of sp³-hybridized carbons (Fsp3) is 0.0952. The van der Waals surface area contributed by atoms with E-state index in [0.717, 1.165) is 11.1 Å². The van der Waals surface area contributed by atoms with Crippen LogP contribution in [0.15, 0.2) is 66.7 Å². The first-order valence-corrected chi connectivity index (χ1v) is 8.17. The first-order chi connectivity index (χ1) is 12.7. The highest BCUT2D eigenvalue weighted by Gasteiger charge is 2.07. The Morgan fingerprint density at radius 1 is 1.08 bits per heavy atom. The molecule has 3 rings (SSSR count). The number of hydrogen-bond donors (Lipinski definition) is 2. The monoisotopic (exact) mass is 348 g/mol. The van der Waals surface area contributed by atoms with E-state index in [4.69, 9.17) is 15.3 Å². The number of nitrogens with two attached hydrogens (primary N) is 1. The van der Waals surface area contributed by atoms with Gasteiger partial charge in [0.25, 0.3) is 5.91 Å². The van der Waals surface area contributed by atoms with Crippen molar-refractivity contribution < 1.29 is 14.3 Å². The number of carbonyl (C=O) groups excluding carboxylic acids is 1. The van der Waals surface area contributed by atoms with Gasteiger partial charge >= 0.3 is 0 Å². The minimum atomic E-state index is -0.375. The minimum absolute atomic E-state index is 0.375. The normalized spacial score (nSPS) is 10.8. The van der Waals surface area contributed by atoms with Gasteiger partial charge in [0.1, 0.15) is 6.61 Å². The zero-order chi connectivity index (χ0) is 18.4. The van der Waals surface area contributed by atoms with Crippen LogP contribution >= 0.6 is 0 Å². The van der Waals surface area contributed by atoms with Crippen LogP contribution in [0.25, 0.3) is 16.8 Å². The number of fused-ring (bicyclic) bond motifs is 1. The molecule has 3 N–H and O–H groups in total. The molecule has 0 saturated heterocycles. The number of nitrogens with one attached hydrogen (secondary N) is 1. The van der Waals surface area contributed by atoms with E-state index in [1.807, 2.05) is 35.8 Å². The lowest BCUT2D eigenvalue weighted by molar-refractivity contribution is -0.116. The molecule has 132 valence electrons. The molecule has 5 heteroatoms. The molecule has 0 aliphatic heterocycles. The van der Waals surface area contributed by atoms with Crippen molar-refractivity contribution in [3.05, 3.63) is 77.9 Å². The summed E-state index contributed by atoms with van der Waals surface area (Å²) in [5.74, 6) is 5.92. The second-order valence-corrected chi connectivity index (χ2v) is 5.68. The Bertz CT molecular complexity index is 946. The first-order valence-electron chi connectivity index (χ1n) is 8.17. The molecular weight excluding hydrogens is 328 g/mol. The van der Waals surface area contributed by atoms with E-state index in [9.17, 15) is 4.79 Å². The van der Waals surface area contributed by atoms with Crippen LogP contribution in [0.5, 0.6) is 11.5 Å². The van der Waals surface area contributed by atoms with Gasteiger partial charge in [0.05, 0.1) is 7.11 Å². The number of ether oxygens (including phenoxy) is 2. The molecule has 0 bridgehead atoms. The second-order valence-electron chi connectivity index (χ2n) is 5.68.